The quantitative estimate of drug-likeness (QED) is 0.762. The molecule has 0 radical (unpaired) electrons. The summed E-state index contributed by atoms with van der Waals surface area (Å²) in [5.74, 6) is 0.492. The van der Waals surface area contributed by atoms with Crippen molar-refractivity contribution in [1.29, 1.82) is 0 Å². The highest BCUT2D eigenvalue weighted by molar-refractivity contribution is 7.89. The fourth-order valence-electron chi connectivity index (χ4n) is 3.48. The van der Waals surface area contributed by atoms with E-state index in [2.05, 4.69) is 5.32 Å². The first kappa shape index (κ1) is 22.3. The number of hydrogen-bond acceptors (Lipinski definition) is 4. The molecule has 1 amide bonds. The van der Waals surface area contributed by atoms with Crippen LogP contribution in [0.1, 0.15) is 37.8 Å². The lowest BCUT2D eigenvalue weighted by Gasteiger charge is -2.34. The van der Waals surface area contributed by atoms with Gasteiger partial charge in [-0.2, -0.15) is 4.31 Å². The number of rotatable bonds is 6. The van der Waals surface area contributed by atoms with Gasteiger partial charge in [-0.05, 0) is 69.9 Å². The second-order valence-corrected chi connectivity index (χ2v) is 10.3. The van der Waals surface area contributed by atoms with E-state index < -0.39 is 15.6 Å². The molecule has 2 aromatic carbocycles. The summed E-state index contributed by atoms with van der Waals surface area (Å²) >= 11 is 0. The molecule has 1 N–H and O–H groups in total. The lowest BCUT2D eigenvalue weighted by molar-refractivity contribution is -0.135. The van der Waals surface area contributed by atoms with Crippen molar-refractivity contribution in [1.82, 2.24) is 9.62 Å². The molecular weight excluding hydrogens is 400 g/mol. The van der Waals surface area contributed by atoms with E-state index in [9.17, 15) is 13.2 Å². The number of amides is 1. The Balaban J connectivity index is 1.59. The first-order valence-corrected chi connectivity index (χ1v) is 11.7. The van der Waals surface area contributed by atoms with Crippen LogP contribution < -0.4 is 10.1 Å². The van der Waals surface area contributed by atoms with E-state index in [1.165, 1.54) is 4.31 Å². The molecule has 1 heterocycles. The van der Waals surface area contributed by atoms with Crippen molar-refractivity contribution >= 4 is 15.9 Å². The second-order valence-electron chi connectivity index (χ2n) is 8.35. The maximum absolute atomic E-state index is 12.9. The number of aryl methyl sites for hydroxylation is 2. The highest BCUT2D eigenvalue weighted by atomic mass is 32.2. The molecule has 3 rings (SSSR count). The van der Waals surface area contributed by atoms with Gasteiger partial charge >= 0.3 is 0 Å². The van der Waals surface area contributed by atoms with Gasteiger partial charge in [-0.1, -0.05) is 30.3 Å². The Morgan fingerprint density at radius 3 is 2.33 bits per heavy atom. The van der Waals surface area contributed by atoms with Crippen LogP contribution in [0.4, 0.5) is 0 Å². The Labute approximate surface area is 179 Å². The monoisotopic (exact) mass is 430 g/mol. The van der Waals surface area contributed by atoms with Gasteiger partial charge in [-0.3, -0.25) is 4.79 Å². The second kappa shape index (κ2) is 8.78. The molecule has 0 saturated carbocycles. The zero-order valence-corrected chi connectivity index (χ0v) is 18.8. The molecule has 1 saturated heterocycles. The van der Waals surface area contributed by atoms with E-state index >= 15 is 0 Å². The molecule has 2 aromatic rings. The minimum Gasteiger partial charge on any atom is -0.478 e. The van der Waals surface area contributed by atoms with E-state index in [0.717, 1.165) is 11.1 Å². The zero-order valence-electron chi connectivity index (χ0n) is 18.0. The molecule has 1 fully saturated rings. The third-order valence-electron chi connectivity index (χ3n) is 5.43. The maximum atomic E-state index is 12.9. The van der Waals surface area contributed by atoms with Crippen LogP contribution in [-0.4, -0.2) is 43.4 Å². The van der Waals surface area contributed by atoms with Crippen molar-refractivity contribution in [2.24, 2.45) is 0 Å². The number of carbonyl (C=O) groups excluding carboxylic acids is 1. The topological polar surface area (TPSA) is 75.7 Å². The molecule has 0 unspecified atom stereocenters. The van der Waals surface area contributed by atoms with E-state index in [4.69, 9.17) is 4.74 Å². The molecule has 0 atom stereocenters. The number of ether oxygens (including phenoxy) is 1. The van der Waals surface area contributed by atoms with Crippen LogP contribution in [0.15, 0.2) is 53.4 Å². The number of benzene rings is 2. The average Bonchev–Trinajstić information content (AvgIpc) is 2.71. The van der Waals surface area contributed by atoms with Gasteiger partial charge in [0.1, 0.15) is 5.75 Å². The highest BCUT2D eigenvalue weighted by Gasteiger charge is 2.35. The van der Waals surface area contributed by atoms with Gasteiger partial charge in [0, 0.05) is 19.1 Å². The van der Waals surface area contributed by atoms with Crippen molar-refractivity contribution < 1.29 is 17.9 Å². The zero-order chi connectivity index (χ0) is 21.9. The van der Waals surface area contributed by atoms with E-state index in [1.54, 1.807) is 44.2 Å². The molecule has 30 heavy (non-hydrogen) atoms. The van der Waals surface area contributed by atoms with Crippen LogP contribution in [0.5, 0.6) is 5.75 Å². The molecule has 0 spiro atoms. The standard InChI is InChI=1S/C23H30N2O4S/c1-17-10-11-18(2)21(16-17)29-23(3,4)22(26)24-19-12-14-25(15-13-19)30(27,28)20-8-6-5-7-9-20/h5-11,16,19H,12-15H2,1-4H3,(H,24,26). The summed E-state index contributed by atoms with van der Waals surface area (Å²) in [6.45, 7) is 8.18. The summed E-state index contributed by atoms with van der Waals surface area (Å²) in [7, 11) is -3.50. The van der Waals surface area contributed by atoms with Gasteiger partial charge in [0.25, 0.3) is 5.91 Å². The molecular formula is C23H30N2O4S. The Morgan fingerprint density at radius 2 is 1.70 bits per heavy atom. The predicted molar refractivity (Wildman–Crippen MR) is 117 cm³/mol. The van der Waals surface area contributed by atoms with Gasteiger partial charge in [-0.25, -0.2) is 8.42 Å². The first-order chi connectivity index (χ1) is 14.1. The van der Waals surface area contributed by atoms with Crippen molar-refractivity contribution in [2.75, 3.05) is 13.1 Å². The van der Waals surface area contributed by atoms with Crippen molar-refractivity contribution in [3.05, 3.63) is 59.7 Å². The summed E-state index contributed by atoms with van der Waals surface area (Å²) in [6.07, 6.45) is 1.13. The lowest BCUT2D eigenvalue weighted by Crippen LogP contribution is -2.53. The molecule has 0 aromatic heterocycles. The first-order valence-electron chi connectivity index (χ1n) is 10.2. The number of piperidine rings is 1. The Kier molecular flexibility index (Phi) is 6.53. The van der Waals surface area contributed by atoms with Gasteiger partial charge < -0.3 is 10.1 Å². The third-order valence-corrected chi connectivity index (χ3v) is 7.34. The molecule has 1 aliphatic rings. The van der Waals surface area contributed by atoms with Crippen LogP contribution in [-0.2, 0) is 14.8 Å². The van der Waals surface area contributed by atoms with Crippen LogP contribution in [0.25, 0.3) is 0 Å². The third kappa shape index (κ3) is 5.02. The number of sulfonamides is 1. The van der Waals surface area contributed by atoms with E-state index in [1.807, 2.05) is 32.0 Å². The maximum Gasteiger partial charge on any atom is 0.263 e. The predicted octanol–water partition coefficient (Wildman–Crippen LogP) is 3.43. The van der Waals surface area contributed by atoms with Crippen LogP contribution in [0.3, 0.4) is 0 Å². The Bertz CT molecular complexity index is 995. The average molecular weight is 431 g/mol. The van der Waals surface area contributed by atoms with Gasteiger partial charge in [0.15, 0.2) is 5.60 Å². The van der Waals surface area contributed by atoms with Crippen LogP contribution in [0, 0.1) is 13.8 Å². The molecule has 7 heteroatoms. The summed E-state index contributed by atoms with van der Waals surface area (Å²) in [4.78, 5) is 13.2. The molecule has 1 aliphatic heterocycles. The van der Waals surface area contributed by atoms with Crippen LogP contribution in [0.2, 0.25) is 0 Å². The molecule has 0 aliphatic carbocycles. The number of nitrogens with one attached hydrogen (secondary N) is 1. The smallest absolute Gasteiger partial charge is 0.263 e. The number of carbonyl (C=O) groups is 1. The SMILES string of the molecule is Cc1ccc(C)c(OC(C)(C)C(=O)NC2CCN(S(=O)(=O)c3ccccc3)CC2)c1. The van der Waals surface area contributed by atoms with Gasteiger partial charge in [-0.15, -0.1) is 0 Å². The Hall–Kier alpha value is -2.38. The number of nitrogens with zero attached hydrogens (tertiary/aromatic N) is 1. The lowest BCUT2D eigenvalue weighted by atomic mass is 10.0. The minimum atomic E-state index is -3.50. The van der Waals surface area contributed by atoms with E-state index in [0.29, 0.717) is 36.6 Å². The summed E-state index contributed by atoms with van der Waals surface area (Å²) in [5, 5.41) is 3.04. The molecule has 0 bridgehead atoms. The summed E-state index contributed by atoms with van der Waals surface area (Å²) in [5.41, 5.74) is 1.01. The van der Waals surface area contributed by atoms with Crippen molar-refractivity contribution in [3.8, 4) is 5.75 Å². The van der Waals surface area contributed by atoms with Crippen molar-refractivity contribution in [3.63, 3.8) is 0 Å². The number of hydrogen-bond donors (Lipinski definition) is 1. The molecule has 162 valence electrons. The van der Waals surface area contributed by atoms with E-state index in [-0.39, 0.29) is 11.9 Å². The Morgan fingerprint density at radius 1 is 1.07 bits per heavy atom. The van der Waals surface area contributed by atoms with Gasteiger partial charge in [0.05, 0.1) is 4.90 Å². The fourth-order valence-corrected chi connectivity index (χ4v) is 4.97. The van der Waals surface area contributed by atoms with Crippen molar-refractivity contribution in [2.45, 2.75) is 57.1 Å². The van der Waals surface area contributed by atoms with Gasteiger partial charge in [0.2, 0.25) is 10.0 Å². The normalized spacial score (nSPS) is 16.3. The highest BCUT2D eigenvalue weighted by Crippen LogP contribution is 2.25. The molecule has 6 nitrogen and oxygen atoms in total. The summed E-state index contributed by atoms with van der Waals surface area (Å²) < 4.78 is 33.0. The largest absolute Gasteiger partial charge is 0.478 e. The fraction of sp³-hybridized carbons (Fsp3) is 0.435. The van der Waals surface area contributed by atoms with Crippen LogP contribution >= 0.6 is 0 Å². The minimum absolute atomic E-state index is 0.0822. The summed E-state index contributed by atoms with van der Waals surface area (Å²) in [6, 6.07) is 14.3.